The summed E-state index contributed by atoms with van der Waals surface area (Å²) >= 11 is 0. The van der Waals surface area contributed by atoms with Gasteiger partial charge < -0.3 is 15.5 Å². The Morgan fingerprint density at radius 2 is 2.10 bits per heavy atom. The number of carbonyl (C=O) groups excluding carboxylic acids is 2. The lowest BCUT2D eigenvalue weighted by molar-refractivity contribution is -0.121. The molecule has 21 heavy (non-hydrogen) atoms. The van der Waals surface area contributed by atoms with Crippen molar-refractivity contribution in [2.75, 3.05) is 31.1 Å². The van der Waals surface area contributed by atoms with Crippen LogP contribution in [0.15, 0.2) is 24.3 Å². The third-order valence-corrected chi connectivity index (χ3v) is 4.21. The Kier molecular flexibility index (Phi) is 4.20. The van der Waals surface area contributed by atoms with Crippen LogP contribution in [0.1, 0.15) is 18.4 Å². The SMILES string of the molecule is O=C(CCN1C(=O)CCc2ccccc21)NCC1CNC1. The van der Waals surface area contributed by atoms with Crippen LogP contribution in [-0.2, 0) is 16.0 Å². The van der Waals surface area contributed by atoms with E-state index in [-0.39, 0.29) is 11.8 Å². The Morgan fingerprint density at radius 3 is 2.86 bits per heavy atom. The number of nitrogens with zero attached hydrogens (tertiary/aromatic N) is 1. The first kappa shape index (κ1) is 14.1. The summed E-state index contributed by atoms with van der Waals surface area (Å²) < 4.78 is 0. The summed E-state index contributed by atoms with van der Waals surface area (Å²) in [5.41, 5.74) is 2.16. The van der Waals surface area contributed by atoms with Gasteiger partial charge in [-0.3, -0.25) is 9.59 Å². The van der Waals surface area contributed by atoms with Gasteiger partial charge in [-0.2, -0.15) is 0 Å². The fraction of sp³-hybridized carbons (Fsp3) is 0.500. The number of para-hydroxylation sites is 1. The van der Waals surface area contributed by atoms with Crippen molar-refractivity contribution in [3.63, 3.8) is 0 Å². The molecule has 2 aliphatic rings. The second-order valence-electron chi connectivity index (χ2n) is 5.75. The van der Waals surface area contributed by atoms with E-state index in [0.717, 1.165) is 31.7 Å². The van der Waals surface area contributed by atoms with Gasteiger partial charge >= 0.3 is 0 Å². The molecule has 1 aromatic carbocycles. The van der Waals surface area contributed by atoms with E-state index in [1.54, 1.807) is 4.90 Å². The van der Waals surface area contributed by atoms with E-state index in [1.807, 2.05) is 18.2 Å². The Labute approximate surface area is 124 Å². The Balaban J connectivity index is 1.54. The fourth-order valence-electron chi connectivity index (χ4n) is 2.79. The molecule has 112 valence electrons. The van der Waals surface area contributed by atoms with Crippen molar-refractivity contribution < 1.29 is 9.59 Å². The zero-order valence-corrected chi connectivity index (χ0v) is 12.1. The third kappa shape index (κ3) is 3.24. The van der Waals surface area contributed by atoms with E-state index in [4.69, 9.17) is 0 Å². The molecule has 5 nitrogen and oxygen atoms in total. The van der Waals surface area contributed by atoms with Gasteiger partial charge in [-0.05, 0) is 18.1 Å². The lowest BCUT2D eigenvalue weighted by atomic mass is 10.0. The highest BCUT2D eigenvalue weighted by Crippen LogP contribution is 2.27. The number of aryl methyl sites for hydroxylation is 1. The number of carbonyl (C=O) groups is 2. The summed E-state index contributed by atoms with van der Waals surface area (Å²) in [5, 5.41) is 6.13. The van der Waals surface area contributed by atoms with Gasteiger partial charge in [0.05, 0.1) is 0 Å². The number of benzene rings is 1. The van der Waals surface area contributed by atoms with Gasteiger partial charge in [0.1, 0.15) is 0 Å². The first-order valence-electron chi connectivity index (χ1n) is 7.60. The Morgan fingerprint density at radius 1 is 1.29 bits per heavy atom. The Hall–Kier alpha value is -1.88. The first-order chi connectivity index (χ1) is 10.2. The highest BCUT2D eigenvalue weighted by molar-refractivity contribution is 5.96. The van der Waals surface area contributed by atoms with Gasteiger partial charge in [0.25, 0.3) is 0 Å². The molecule has 0 bridgehead atoms. The summed E-state index contributed by atoms with van der Waals surface area (Å²) in [4.78, 5) is 25.7. The summed E-state index contributed by atoms with van der Waals surface area (Å²) in [7, 11) is 0. The molecule has 0 aromatic heterocycles. The van der Waals surface area contributed by atoms with Crippen molar-refractivity contribution in [1.82, 2.24) is 10.6 Å². The monoisotopic (exact) mass is 287 g/mol. The highest BCUT2D eigenvalue weighted by Gasteiger charge is 2.24. The summed E-state index contributed by atoms with van der Waals surface area (Å²) in [6.45, 7) is 3.16. The number of nitrogens with one attached hydrogen (secondary N) is 2. The van der Waals surface area contributed by atoms with Gasteiger partial charge in [-0.15, -0.1) is 0 Å². The fourth-order valence-corrected chi connectivity index (χ4v) is 2.79. The second-order valence-corrected chi connectivity index (χ2v) is 5.75. The predicted molar refractivity (Wildman–Crippen MR) is 81.1 cm³/mol. The first-order valence-corrected chi connectivity index (χ1v) is 7.60. The zero-order chi connectivity index (χ0) is 14.7. The molecule has 2 heterocycles. The topological polar surface area (TPSA) is 61.4 Å². The van der Waals surface area contributed by atoms with E-state index in [0.29, 0.717) is 25.3 Å². The van der Waals surface area contributed by atoms with Gasteiger partial charge in [0.15, 0.2) is 0 Å². The minimum atomic E-state index is 0.0257. The van der Waals surface area contributed by atoms with Crippen LogP contribution in [-0.4, -0.2) is 38.0 Å². The molecule has 0 radical (unpaired) electrons. The molecule has 0 aliphatic carbocycles. The van der Waals surface area contributed by atoms with Crippen molar-refractivity contribution in [1.29, 1.82) is 0 Å². The number of hydrogen-bond acceptors (Lipinski definition) is 3. The maximum Gasteiger partial charge on any atom is 0.227 e. The van der Waals surface area contributed by atoms with Crippen LogP contribution >= 0.6 is 0 Å². The number of fused-ring (bicyclic) bond motifs is 1. The molecular formula is C16H21N3O2. The number of anilines is 1. The summed E-state index contributed by atoms with van der Waals surface area (Å²) in [6.07, 6.45) is 1.69. The van der Waals surface area contributed by atoms with E-state index >= 15 is 0 Å². The summed E-state index contributed by atoms with van der Waals surface area (Å²) in [6, 6.07) is 7.95. The minimum absolute atomic E-state index is 0.0257. The average Bonchev–Trinajstić information content (AvgIpc) is 2.44. The van der Waals surface area contributed by atoms with Crippen LogP contribution in [0.25, 0.3) is 0 Å². The second kappa shape index (κ2) is 6.26. The van der Waals surface area contributed by atoms with Gasteiger partial charge in [-0.25, -0.2) is 0 Å². The molecule has 0 saturated carbocycles. The van der Waals surface area contributed by atoms with Crippen molar-refractivity contribution in [2.45, 2.75) is 19.3 Å². The van der Waals surface area contributed by atoms with Crippen molar-refractivity contribution in [3.05, 3.63) is 29.8 Å². The number of amides is 2. The maximum absolute atomic E-state index is 12.1. The van der Waals surface area contributed by atoms with E-state index in [9.17, 15) is 9.59 Å². The van der Waals surface area contributed by atoms with E-state index in [1.165, 1.54) is 5.56 Å². The van der Waals surface area contributed by atoms with Crippen LogP contribution in [0, 0.1) is 5.92 Å². The largest absolute Gasteiger partial charge is 0.356 e. The maximum atomic E-state index is 12.1. The zero-order valence-electron chi connectivity index (χ0n) is 12.1. The van der Waals surface area contributed by atoms with Crippen molar-refractivity contribution in [3.8, 4) is 0 Å². The average molecular weight is 287 g/mol. The predicted octanol–water partition coefficient (Wildman–Crippen LogP) is 0.691. The van der Waals surface area contributed by atoms with Gasteiger partial charge in [0, 0.05) is 50.6 Å². The number of rotatable bonds is 5. The molecule has 0 spiro atoms. The molecule has 0 unspecified atom stereocenters. The molecule has 3 rings (SSSR count). The van der Waals surface area contributed by atoms with Crippen molar-refractivity contribution >= 4 is 17.5 Å². The number of hydrogen-bond donors (Lipinski definition) is 2. The molecule has 2 N–H and O–H groups in total. The van der Waals surface area contributed by atoms with Crippen LogP contribution in [0.4, 0.5) is 5.69 Å². The molecule has 1 saturated heterocycles. The standard InChI is InChI=1S/C16H21N3O2/c20-15(18-11-12-9-17-10-12)7-8-19-14-4-2-1-3-13(14)5-6-16(19)21/h1-4,12,17H,5-11H2,(H,18,20). The summed E-state index contributed by atoms with van der Waals surface area (Å²) in [5.74, 6) is 0.703. The molecule has 5 heteroatoms. The normalized spacial score (nSPS) is 18.1. The molecular weight excluding hydrogens is 266 g/mol. The highest BCUT2D eigenvalue weighted by atomic mass is 16.2. The van der Waals surface area contributed by atoms with Crippen LogP contribution in [0.5, 0.6) is 0 Å². The van der Waals surface area contributed by atoms with Crippen LogP contribution < -0.4 is 15.5 Å². The van der Waals surface area contributed by atoms with Crippen LogP contribution in [0.2, 0.25) is 0 Å². The third-order valence-electron chi connectivity index (χ3n) is 4.21. The molecule has 2 aliphatic heterocycles. The molecule has 1 aromatic rings. The molecule has 1 fully saturated rings. The van der Waals surface area contributed by atoms with Gasteiger partial charge in [0.2, 0.25) is 11.8 Å². The molecule has 2 amide bonds. The van der Waals surface area contributed by atoms with Gasteiger partial charge in [-0.1, -0.05) is 18.2 Å². The Bertz CT molecular complexity index is 540. The van der Waals surface area contributed by atoms with Crippen molar-refractivity contribution in [2.24, 2.45) is 5.92 Å². The van der Waals surface area contributed by atoms with Crippen LogP contribution in [0.3, 0.4) is 0 Å². The smallest absolute Gasteiger partial charge is 0.227 e. The lowest BCUT2D eigenvalue weighted by Gasteiger charge is -2.30. The molecule has 0 atom stereocenters. The van der Waals surface area contributed by atoms with E-state index in [2.05, 4.69) is 16.7 Å². The minimum Gasteiger partial charge on any atom is -0.356 e. The quantitative estimate of drug-likeness (QED) is 0.837. The van der Waals surface area contributed by atoms with E-state index < -0.39 is 0 Å². The lowest BCUT2D eigenvalue weighted by Crippen LogP contribution is -2.48.